The lowest BCUT2D eigenvalue weighted by Gasteiger charge is -2.56. The predicted molar refractivity (Wildman–Crippen MR) is 87.3 cm³/mol. The van der Waals surface area contributed by atoms with Crippen molar-refractivity contribution < 1.29 is 9.90 Å². The summed E-state index contributed by atoms with van der Waals surface area (Å²) in [6, 6.07) is 0. The molecular weight excluding hydrogens is 272 g/mol. The van der Waals surface area contributed by atoms with Crippen LogP contribution in [0.2, 0.25) is 0 Å². The van der Waals surface area contributed by atoms with Crippen molar-refractivity contribution in [2.45, 2.75) is 71.8 Å². The number of carbonyl (C=O) groups excluding carboxylic acids is 1. The zero-order chi connectivity index (χ0) is 15.7. The highest BCUT2D eigenvalue weighted by Gasteiger charge is 2.60. The molecule has 0 radical (unpaired) electrons. The summed E-state index contributed by atoms with van der Waals surface area (Å²) in [7, 11) is 0. The van der Waals surface area contributed by atoms with E-state index in [0.717, 1.165) is 24.7 Å². The van der Waals surface area contributed by atoms with Crippen LogP contribution in [0.15, 0.2) is 11.6 Å². The Labute approximate surface area is 134 Å². The molecule has 22 heavy (non-hydrogen) atoms. The van der Waals surface area contributed by atoms with Gasteiger partial charge in [-0.15, -0.1) is 0 Å². The zero-order valence-corrected chi connectivity index (χ0v) is 14.3. The monoisotopic (exact) mass is 302 g/mol. The predicted octanol–water partition coefficient (Wildman–Crippen LogP) is 4.13. The van der Waals surface area contributed by atoms with Crippen LogP contribution in [0.4, 0.5) is 0 Å². The van der Waals surface area contributed by atoms with Gasteiger partial charge in [-0.2, -0.15) is 0 Å². The molecule has 0 saturated heterocycles. The van der Waals surface area contributed by atoms with Gasteiger partial charge in [0.25, 0.3) is 0 Å². The van der Waals surface area contributed by atoms with E-state index in [1.165, 1.54) is 25.7 Å². The maximum atomic E-state index is 12.5. The molecule has 3 saturated carbocycles. The van der Waals surface area contributed by atoms with Gasteiger partial charge in [-0.1, -0.05) is 32.4 Å². The molecule has 0 aliphatic heterocycles. The third-order valence-electron chi connectivity index (χ3n) is 8.08. The van der Waals surface area contributed by atoms with Crippen LogP contribution in [-0.2, 0) is 4.79 Å². The SMILES string of the molecule is C[C@H]1CC[C@@]2(C)C(=CC[C@@H]3[C@@H]2CC[C@]2(C)C(=O)[C@@H](O)C[C@@H]32)C1. The number of rotatable bonds is 0. The Morgan fingerprint density at radius 3 is 2.64 bits per heavy atom. The number of allylic oxidation sites excluding steroid dienone is 2. The molecule has 0 bridgehead atoms. The number of aliphatic hydroxyl groups is 1. The van der Waals surface area contributed by atoms with Crippen molar-refractivity contribution in [3.8, 4) is 0 Å². The first kappa shape index (κ1) is 14.9. The summed E-state index contributed by atoms with van der Waals surface area (Å²) >= 11 is 0. The molecule has 0 heterocycles. The van der Waals surface area contributed by atoms with Crippen LogP contribution in [0.25, 0.3) is 0 Å². The van der Waals surface area contributed by atoms with Gasteiger partial charge in [0.05, 0.1) is 0 Å². The molecular formula is C20H30O2. The highest BCUT2D eigenvalue weighted by atomic mass is 16.3. The number of aliphatic hydroxyl groups excluding tert-OH is 1. The summed E-state index contributed by atoms with van der Waals surface area (Å²) in [5.74, 6) is 2.72. The lowest BCUT2D eigenvalue weighted by Crippen LogP contribution is -2.50. The summed E-state index contributed by atoms with van der Waals surface area (Å²) < 4.78 is 0. The second-order valence-electron chi connectivity index (χ2n) is 9.18. The smallest absolute Gasteiger partial charge is 0.167 e. The van der Waals surface area contributed by atoms with Gasteiger partial charge in [-0.3, -0.25) is 4.79 Å². The number of hydrogen-bond acceptors (Lipinski definition) is 2. The van der Waals surface area contributed by atoms with E-state index in [9.17, 15) is 9.90 Å². The van der Waals surface area contributed by atoms with Gasteiger partial charge >= 0.3 is 0 Å². The van der Waals surface area contributed by atoms with E-state index in [-0.39, 0.29) is 11.2 Å². The second kappa shape index (κ2) is 4.69. The largest absolute Gasteiger partial charge is 0.385 e. The molecule has 2 heteroatoms. The number of hydrogen-bond donors (Lipinski definition) is 1. The molecule has 0 amide bonds. The topological polar surface area (TPSA) is 37.3 Å². The van der Waals surface area contributed by atoms with Gasteiger partial charge in [0.2, 0.25) is 0 Å². The van der Waals surface area contributed by atoms with Gasteiger partial charge in [0, 0.05) is 5.41 Å². The normalized spacial score (nSPS) is 54.3. The van der Waals surface area contributed by atoms with E-state index in [1.807, 2.05) is 0 Å². The molecule has 4 aliphatic rings. The first-order valence-corrected chi connectivity index (χ1v) is 9.28. The first-order chi connectivity index (χ1) is 10.4. The van der Waals surface area contributed by atoms with E-state index in [0.29, 0.717) is 23.7 Å². The molecule has 2 nitrogen and oxygen atoms in total. The minimum Gasteiger partial charge on any atom is -0.385 e. The maximum Gasteiger partial charge on any atom is 0.167 e. The Morgan fingerprint density at radius 1 is 1.14 bits per heavy atom. The second-order valence-corrected chi connectivity index (χ2v) is 9.18. The Morgan fingerprint density at radius 2 is 1.86 bits per heavy atom. The van der Waals surface area contributed by atoms with Crippen LogP contribution in [0.1, 0.15) is 65.7 Å². The minimum absolute atomic E-state index is 0.133. The fourth-order valence-corrected chi connectivity index (χ4v) is 6.63. The summed E-state index contributed by atoms with van der Waals surface area (Å²) in [4.78, 5) is 12.5. The quantitative estimate of drug-likeness (QED) is 0.683. The van der Waals surface area contributed by atoms with Crippen molar-refractivity contribution in [3.05, 3.63) is 11.6 Å². The molecule has 7 atom stereocenters. The van der Waals surface area contributed by atoms with Gasteiger partial charge in [-0.25, -0.2) is 0 Å². The summed E-state index contributed by atoms with van der Waals surface area (Å²) in [5, 5.41) is 10.2. The summed E-state index contributed by atoms with van der Waals surface area (Å²) in [5.41, 5.74) is 1.83. The van der Waals surface area contributed by atoms with E-state index in [1.54, 1.807) is 5.57 Å². The van der Waals surface area contributed by atoms with Crippen molar-refractivity contribution in [2.75, 3.05) is 0 Å². The van der Waals surface area contributed by atoms with Crippen molar-refractivity contribution in [3.63, 3.8) is 0 Å². The van der Waals surface area contributed by atoms with Gasteiger partial charge in [-0.05, 0) is 74.0 Å². The molecule has 122 valence electrons. The van der Waals surface area contributed by atoms with Crippen molar-refractivity contribution in [2.24, 2.45) is 34.5 Å². The third kappa shape index (κ3) is 1.79. The molecule has 3 fully saturated rings. The average Bonchev–Trinajstić information content (AvgIpc) is 2.72. The number of Topliss-reactive ketones (excluding diaryl/α,β-unsaturated/α-hetero) is 1. The summed E-state index contributed by atoms with van der Waals surface area (Å²) in [6.45, 7) is 7.02. The minimum atomic E-state index is -0.696. The molecule has 4 rings (SSSR count). The Hall–Kier alpha value is -0.630. The van der Waals surface area contributed by atoms with Crippen LogP contribution in [0.3, 0.4) is 0 Å². The van der Waals surface area contributed by atoms with E-state index in [2.05, 4.69) is 26.8 Å². The molecule has 0 aromatic heterocycles. The molecule has 0 spiro atoms. The van der Waals surface area contributed by atoms with Gasteiger partial charge < -0.3 is 5.11 Å². The lowest BCUT2D eigenvalue weighted by molar-refractivity contribution is -0.136. The van der Waals surface area contributed by atoms with Crippen molar-refractivity contribution in [1.82, 2.24) is 0 Å². The van der Waals surface area contributed by atoms with E-state index >= 15 is 0 Å². The standard InChI is InChI=1S/C20H30O2/c1-12-6-8-19(2)13(10-12)4-5-14-15(19)7-9-20(3)16(14)11-17(21)18(20)22/h4,12,14-17,21H,5-11H2,1-3H3/t12-,14+,15-,16-,17-,19-,20-/m0/s1. The van der Waals surface area contributed by atoms with E-state index < -0.39 is 6.10 Å². The van der Waals surface area contributed by atoms with Crippen LogP contribution in [-0.4, -0.2) is 17.0 Å². The highest BCUT2D eigenvalue weighted by molar-refractivity contribution is 5.91. The van der Waals surface area contributed by atoms with Crippen molar-refractivity contribution >= 4 is 5.78 Å². The van der Waals surface area contributed by atoms with Crippen LogP contribution >= 0.6 is 0 Å². The Balaban J connectivity index is 1.70. The van der Waals surface area contributed by atoms with Gasteiger partial charge in [0.15, 0.2) is 5.78 Å². The zero-order valence-electron chi connectivity index (χ0n) is 14.3. The van der Waals surface area contributed by atoms with Crippen LogP contribution in [0.5, 0.6) is 0 Å². The van der Waals surface area contributed by atoms with Crippen molar-refractivity contribution in [1.29, 1.82) is 0 Å². The number of ketones is 1. The van der Waals surface area contributed by atoms with E-state index in [4.69, 9.17) is 0 Å². The first-order valence-electron chi connectivity index (χ1n) is 9.28. The average molecular weight is 302 g/mol. The fraction of sp³-hybridized carbons (Fsp3) is 0.850. The van der Waals surface area contributed by atoms with Gasteiger partial charge in [0.1, 0.15) is 6.10 Å². The third-order valence-corrected chi connectivity index (χ3v) is 8.08. The maximum absolute atomic E-state index is 12.5. The number of fused-ring (bicyclic) bond motifs is 5. The number of carbonyl (C=O) groups is 1. The summed E-state index contributed by atoms with van der Waals surface area (Å²) in [6.07, 6.45) is 9.81. The molecule has 0 aromatic carbocycles. The molecule has 0 aromatic rings. The molecule has 0 unspecified atom stereocenters. The molecule has 4 aliphatic carbocycles. The fourth-order valence-electron chi connectivity index (χ4n) is 6.63. The van der Waals surface area contributed by atoms with Crippen LogP contribution < -0.4 is 0 Å². The molecule has 1 N–H and O–H groups in total. The highest BCUT2D eigenvalue weighted by Crippen LogP contribution is 2.64. The Bertz CT molecular complexity index is 536. The van der Waals surface area contributed by atoms with Crippen LogP contribution in [0, 0.1) is 34.5 Å². The Kier molecular flexibility index (Phi) is 3.18. The lowest BCUT2D eigenvalue weighted by atomic mass is 9.47.